The van der Waals surface area contributed by atoms with E-state index in [0.29, 0.717) is 32.8 Å². The third-order valence-corrected chi connectivity index (χ3v) is 3.20. The number of amides is 1. The SMILES string of the molecule is CCCCCOC(=O)N1CCN(CCOC=O)CC1. The molecule has 0 unspecified atom stereocenters. The Kier molecular flexibility index (Phi) is 7.97. The maximum atomic E-state index is 11.7. The van der Waals surface area contributed by atoms with Crippen molar-refractivity contribution < 1.29 is 19.1 Å². The van der Waals surface area contributed by atoms with Crippen LogP contribution in [0.2, 0.25) is 0 Å². The number of unbranched alkanes of at least 4 members (excludes halogenated alkanes) is 2. The summed E-state index contributed by atoms with van der Waals surface area (Å²) < 4.78 is 9.87. The molecule has 0 aromatic heterocycles. The summed E-state index contributed by atoms with van der Waals surface area (Å²) in [7, 11) is 0. The molecule has 0 radical (unpaired) electrons. The molecule has 0 N–H and O–H groups in total. The zero-order valence-electron chi connectivity index (χ0n) is 11.7. The summed E-state index contributed by atoms with van der Waals surface area (Å²) in [6.07, 6.45) is 2.95. The smallest absolute Gasteiger partial charge is 0.409 e. The van der Waals surface area contributed by atoms with Gasteiger partial charge in [-0.3, -0.25) is 9.69 Å². The lowest BCUT2D eigenvalue weighted by molar-refractivity contribution is -0.129. The summed E-state index contributed by atoms with van der Waals surface area (Å²) in [4.78, 5) is 25.7. The van der Waals surface area contributed by atoms with Crippen molar-refractivity contribution in [1.29, 1.82) is 0 Å². The molecule has 1 amide bonds. The van der Waals surface area contributed by atoms with Crippen LogP contribution in [0.5, 0.6) is 0 Å². The first kappa shape index (κ1) is 15.8. The van der Waals surface area contributed by atoms with Crippen LogP contribution < -0.4 is 0 Å². The Bertz CT molecular complexity index is 265. The van der Waals surface area contributed by atoms with Crippen LogP contribution in [0, 0.1) is 0 Å². The van der Waals surface area contributed by atoms with E-state index < -0.39 is 0 Å². The molecule has 6 heteroatoms. The van der Waals surface area contributed by atoms with Gasteiger partial charge in [-0.1, -0.05) is 19.8 Å². The van der Waals surface area contributed by atoms with E-state index in [1.54, 1.807) is 4.90 Å². The number of ether oxygens (including phenoxy) is 2. The average Bonchev–Trinajstić information content (AvgIpc) is 2.44. The van der Waals surface area contributed by atoms with Crippen LogP contribution in [0.3, 0.4) is 0 Å². The molecular formula is C13H24N2O4. The van der Waals surface area contributed by atoms with Gasteiger partial charge in [0.25, 0.3) is 6.47 Å². The molecule has 110 valence electrons. The second-order valence-corrected chi connectivity index (χ2v) is 4.62. The number of carbonyl (C=O) groups is 2. The average molecular weight is 272 g/mol. The zero-order valence-corrected chi connectivity index (χ0v) is 11.7. The number of nitrogens with zero attached hydrogens (tertiary/aromatic N) is 2. The van der Waals surface area contributed by atoms with Crippen LogP contribution in [0.15, 0.2) is 0 Å². The summed E-state index contributed by atoms with van der Waals surface area (Å²) in [5.74, 6) is 0. The van der Waals surface area contributed by atoms with Crippen molar-refractivity contribution in [2.45, 2.75) is 26.2 Å². The highest BCUT2D eigenvalue weighted by atomic mass is 16.6. The first-order chi connectivity index (χ1) is 9.27. The van der Waals surface area contributed by atoms with Crippen molar-refractivity contribution in [3.63, 3.8) is 0 Å². The second-order valence-electron chi connectivity index (χ2n) is 4.62. The fourth-order valence-electron chi connectivity index (χ4n) is 1.99. The van der Waals surface area contributed by atoms with Crippen LogP contribution in [0.1, 0.15) is 26.2 Å². The summed E-state index contributed by atoms with van der Waals surface area (Å²) in [6, 6.07) is 0. The van der Waals surface area contributed by atoms with E-state index >= 15 is 0 Å². The number of piperazine rings is 1. The fourth-order valence-corrected chi connectivity index (χ4v) is 1.99. The van der Waals surface area contributed by atoms with Crippen molar-refractivity contribution in [2.75, 3.05) is 45.9 Å². The Hall–Kier alpha value is -1.30. The van der Waals surface area contributed by atoms with Gasteiger partial charge in [0.2, 0.25) is 0 Å². The molecule has 0 aromatic carbocycles. The lowest BCUT2D eigenvalue weighted by Crippen LogP contribution is -2.49. The zero-order chi connectivity index (χ0) is 13.9. The van der Waals surface area contributed by atoms with Gasteiger partial charge in [-0.2, -0.15) is 0 Å². The third kappa shape index (κ3) is 6.42. The Balaban J connectivity index is 2.11. The highest BCUT2D eigenvalue weighted by molar-refractivity contribution is 5.67. The molecule has 1 saturated heterocycles. The molecule has 1 rings (SSSR count). The third-order valence-electron chi connectivity index (χ3n) is 3.20. The van der Waals surface area contributed by atoms with Gasteiger partial charge in [-0.05, 0) is 6.42 Å². The molecule has 0 atom stereocenters. The molecule has 0 saturated carbocycles. The van der Waals surface area contributed by atoms with Gasteiger partial charge in [0, 0.05) is 32.7 Å². The maximum absolute atomic E-state index is 11.7. The summed E-state index contributed by atoms with van der Waals surface area (Å²) in [6.45, 7) is 7.17. The predicted molar refractivity (Wildman–Crippen MR) is 70.9 cm³/mol. The molecule has 0 bridgehead atoms. The van der Waals surface area contributed by atoms with Crippen LogP contribution in [0.4, 0.5) is 4.79 Å². The molecule has 1 fully saturated rings. The quantitative estimate of drug-likeness (QED) is 0.489. The first-order valence-corrected chi connectivity index (χ1v) is 6.97. The molecule has 0 aliphatic carbocycles. The highest BCUT2D eigenvalue weighted by Crippen LogP contribution is 2.04. The Morgan fingerprint density at radius 3 is 2.53 bits per heavy atom. The maximum Gasteiger partial charge on any atom is 0.409 e. The minimum atomic E-state index is -0.208. The summed E-state index contributed by atoms with van der Waals surface area (Å²) in [5, 5.41) is 0. The minimum absolute atomic E-state index is 0.208. The highest BCUT2D eigenvalue weighted by Gasteiger charge is 2.21. The number of hydrogen-bond acceptors (Lipinski definition) is 5. The lowest BCUT2D eigenvalue weighted by Gasteiger charge is -2.33. The van der Waals surface area contributed by atoms with E-state index in [4.69, 9.17) is 4.74 Å². The lowest BCUT2D eigenvalue weighted by atomic mass is 10.3. The summed E-state index contributed by atoms with van der Waals surface area (Å²) in [5.41, 5.74) is 0. The molecular weight excluding hydrogens is 248 g/mol. The topological polar surface area (TPSA) is 59.1 Å². The van der Waals surface area contributed by atoms with E-state index in [2.05, 4.69) is 16.6 Å². The minimum Gasteiger partial charge on any atom is -0.467 e. The van der Waals surface area contributed by atoms with E-state index in [1.807, 2.05) is 0 Å². The normalized spacial score (nSPS) is 16.2. The molecule has 0 aromatic rings. The van der Waals surface area contributed by atoms with Crippen molar-refractivity contribution in [1.82, 2.24) is 9.80 Å². The molecule has 1 heterocycles. The van der Waals surface area contributed by atoms with Crippen molar-refractivity contribution in [3.05, 3.63) is 0 Å². The van der Waals surface area contributed by atoms with Gasteiger partial charge >= 0.3 is 6.09 Å². The van der Waals surface area contributed by atoms with Gasteiger partial charge in [-0.15, -0.1) is 0 Å². The largest absolute Gasteiger partial charge is 0.467 e. The van der Waals surface area contributed by atoms with Crippen molar-refractivity contribution in [2.24, 2.45) is 0 Å². The number of hydrogen-bond donors (Lipinski definition) is 0. The van der Waals surface area contributed by atoms with Crippen molar-refractivity contribution in [3.8, 4) is 0 Å². The summed E-state index contributed by atoms with van der Waals surface area (Å²) >= 11 is 0. The number of rotatable bonds is 8. The van der Waals surface area contributed by atoms with Gasteiger partial charge in [0.1, 0.15) is 6.61 Å². The molecule has 0 spiro atoms. The second kappa shape index (κ2) is 9.61. The van der Waals surface area contributed by atoms with Crippen LogP contribution >= 0.6 is 0 Å². The predicted octanol–water partition coefficient (Wildman–Crippen LogP) is 1.10. The van der Waals surface area contributed by atoms with Crippen molar-refractivity contribution >= 4 is 12.6 Å². The monoisotopic (exact) mass is 272 g/mol. The van der Waals surface area contributed by atoms with Gasteiger partial charge in [0.05, 0.1) is 6.61 Å². The standard InChI is InChI=1S/C13H24N2O4/c1-2-3-4-10-19-13(17)15-7-5-14(6-8-15)9-11-18-12-16/h12H,2-11H2,1H3. The van der Waals surface area contributed by atoms with E-state index in [1.165, 1.54) is 0 Å². The van der Waals surface area contributed by atoms with E-state index in [-0.39, 0.29) is 6.09 Å². The van der Waals surface area contributed by atoms with Crippen LogP contribution in [-0.2, 0) is 14.3 Å². The van der Waals surface area contributed by atoms with E-state index in [0.717, 1.165) is 38.9 Å². The van der Waals surface area contributed by atoms with E-state index in [9.17, 15) is 9.59 Å². The van der Waals surface area contributed by atoms with Gasteiger partial charge in [0.15, 0.2) is 0 Å². The Morgan fingerprint density at radius 2 is 1.89 bits per heavy atom. The molecule has 1 aliphatic rings. The van der Waals surface area contributed by atoms with Crippen LogP contribution in [0.25, 0.3) is 0 Å². The molecule has 19 heavy (non-hydrogen) atoms. The molecule has 6 nitrogen and oxygen atoms in total. The fraction of sp³-hybridized carbons (Fsp3) is 0.846. The van der Waals surface area contributed by atoms with Gasteiger partial charge in [-0.25, -0.2) is 4.79 Å². The molecule has 1 aliphatic heterocycles. The Labute approximate surface area is 114 Å². The van der Waals surface area contributed by atoms with Crippen LogP contribution in [-0.4, -0.2) is 68.3 Å². The van der Waals surface area contributed by atoms with Gasteiger partial charge < -0.3 is 14.4 Å². The Morgan fingerprint density at radius 1 is 1.16 bits per heavy atom. The first-order valence-electron chi connectivity index (χ1n) is 6.97. The number of carbonyl (C=O) groups excluding carboxylic acids is 2.